The molecular formula is C19H20FN3O2. The van der Waals surface area contributed by atoms with Crippen LogP contribution in [-0.2, 0) is 11.3 Å². The van der Waals surface area contributed by atoms with E-state index in [0.717, 1.165) is 24.9 Å². The van der Waals surface area contributed by atoms with Crippen LogP contribution in [-0.4, -0.2) is 24.4 Å². The fourth-order valence-electron chi connectivity index (χ4n) is 2.73. The Morgan fingerprint density at radius 1 is 1.08 bits per heavy atom. The minimum Gasteiger partial charge on any atom is -0.351 e. The van der Waals surface area contributed by atoms with E-state index in [1.54, 1.807) is 12.1 Å². The van der Waals surface area contributed by atoms with Crippen molar-refractivity contribution >= 4 is 17.5 Å². The number of amides is 2. The van der Waals surface area contributed by atoms with Crippen molar-refractivity contribution in [3.63, 3.8) is 0 Å². The predicted octanol–water partition coefficient (Wildman–Crippen LogP) is 2.45. The number of nitrogens with one attached hydrogen (secondary N) is 3. The molecule has 1 saturated heterocycles. The van der Waals surface area contributed by atoms with Gasteiger partial charge in [0.15, 0.2) is 0 Å². The first-order valence-electron chi connectivity index (χ1n) is 8.29. The van der Waals surface area contributed by atoms with Crippen molar-refractivity contribution in [1.82, 2.24) is 10.6 Å². The maximum atomic E-state index is 12.9. The van der Waals surface area contributed by atoms with E-state index in [4.69, 9.17) is 0 Å². The Morgan fingerprint density at radius 2 is 1.80 bits per heavy atom. The summed E-state index contributed by atoms with van der Waals surface area (Å²) >= 11 is 0. The Labute approximate surface area is 145 Å². The van der Waals surface area contributed by atoms with E-state index in [2.05, 4.69) is 16.0 Å². The standard InChI is InChI=1S/C19H20FN3O2/c20-15-7-5-14(6-8-15)18(24)23-16-9-3-13(4-10-16)12-22-19(25)17-2-1-11-21-17/h3-10,17,21H,1-2,11-12H2,(H,22,25)(H,23,24). The molecule has 130 valence electrons. The third-order valence-electron chi connectivity index (χ3n) is 4.16. The third-order valence-corrected chi connectivity index (χ3v) is 4.16. The lowest BCUT2D eigenvalue weighted by atomic mass is 10.1. The highest BCUT2D eigenvalue weighted by molar-refractivity contribution is 6.04. The quantitative estimate of drug-likeness (QED) is 0.782. The highest BCUT2D eigenvalue weighted by Gasteiger charge is 2.21. The zero-order chi connectivity index (χ0) is 17.6. The van der Waals surface area contributed by atoms with Gasteiger partial charge in [-0.3, -0.25) is 9.59 Å². The smallest absolute Gasteiger partial charge is 0.255 e. The number of halogens is 1. The van der Waals surface area contributed by atoms with Crippen LogP contribution in [0.3, 0.4) is 0 Å². The molecule has 2 aromatic carbocycles. The number of benzene rings is 2. The molecule has 3 N–H and O–H groups in total. The molecule has 1 heterocycles. The van der Waals surface area contributed by atoms with Crippen LogP contribution in [0, 0.1) is 5.82 Å². The molecule has 3 rings (SSSR count). The summed E-state index contributed by atoms with van der Waals surface area (Å²) in [6.07, 6.45) is 1.90. The van der Waals surface area contributed by atoms with Gasteiger partial charge in [-0.1, -0.05) is 12.1 Å². The molecule has 6 heteroatoms. The van der Waals surface area contributed by atoms with E-state index in [9.17, 15) is 14.0 Å². The van der Waals surface area contributed by atoms with Crippen LogP contribution in [0.4, 0.5) is 10.1 Å². The molecule has 0 spiro atoms. The van der Waals surface area contributed by atoms with Gasteiger partial charge in [-0.2, -0.15) is 0 Å². The summed E-state index contributed by atoms with van der Waals surface area (Å²) in [4.78, 5) is 24.0. The molecule has 1 atom stereocenters. The lowest BCUT2D eigenvalue weighted by Gasteiger charge is -2.11. The van der Waals surface area contributed by atoms with Gasteiger partial charge < -0.3 is 16.0 Å². The molecule has 0 saturated carbocycles. The van der Waals surface area contributed by atoms with Crippen molar-refractivity contribution in [2.24, 2.45) is 0 Å². The van der Waals surface area contributed by atoms with E-state index in [0.29, 0.717) is 17.8 Å². The summed E-state index contributed by atoms with van der Waals surface area (Å²) < 4.78 is 12.9. The van der Waals surface area contributed by atoms with Crippen LogP contribution >= 0.6 is 0 Å². The Kier molecular flexibility index (Phi) is 5.40. The monoisotopic (exact) mass is 341 g/mol. The number of rotatable bonds is 5. The molecule has 2 aromatic rings. The van der Waals surface area contributed by atoms with Crippen LogP contribution in [0.2, 0.25) is 0 Å². The van der Waals surface area contributed by atoms with E-state index < -0.39 is 0 Å². The van der Waals surface area contributed by atoms with Gasteiger partial charge in [0.25, 0.3) is 5.91 Å². The van der Waals surface area contributed by atoms with Gasteiger partial charge in [-0.05, 0) is 61.3 Å². The molecule has 5 nitrogen and oxygen atoms in total. The number of hydrogen-bond donors (Lipinski definition) is 3. The molecule has 1 unspecified atom stereocenters. The summed E-state index contributed by atoms with van der Waals surface area (Å²) in [5.41, 5.74) is 1.98. The Hall–Kier alpha value is -2.73. The lowest BCUT2D eigenvalue weighted by Crippen LogP contribution is -2.39. The molecule has 0 bridgehead atoms. The number of carbonyl (C=O) groups excluding carboxylic acids is 2. The normalized spacial score (nSPS) is 16.4. The first kappa shape index (κ1) is 17.1. The summed E-state index contributed by atoms with van der Waals surface area (Å²) in [5.74, 6) is -0.657. The SMILES string of the molecule is O=C(Nc1ccc(CNC(=O)C2CCCN2)cc1)c1ccc(F)cc1. The largest absolute Gasteiger partial charge is 0.351 e. The second kappa shape index (κ2) is 7.90. The van der Waals surface area contributed by atoms with E-state index in [1.807, 2.05) is 12.1 Å². The van der Waals surface area contributed by atoms with Crippen LogP contribution in [0.5, 0.6) is 0 Å². The van der Waals surface area contributed by atoms with E-state index in [1.165, 1.54) is 24.3 Å². The minimum absolute atomic E-state index is 0.0196. The summed E-state index contributed by atoms with van der Waals surface area (Å²) in [6.45, 7) is 1.34. The zero-order valence-electron chi connectivity index (χ0n) is 13.7. The molecule has 1 fully saturated rings. The first-order valence-corrected chi connectivity index (χ1v) is 8.29. The van der Waals surface area contributed by atoms with Crippen molar-refractivity contribution in [2.45, 2.75) is 25.4 Å². The number of hydrogen-bond acceptors (Lipinski definition) is 3. The topological polar surface area (TPSA) is 70.2 Å². The lowest BCUT2D eigenvalue weighted by molar-refractivity contribution is -0.122. The van der Waals surface area contributed by atoms with E-state index >= 15 is 0 Å². The molecular weight excluding hydrogens is 321 g/mol. The number of anilines is 1. The molecule has 1 aliphatic rings. The highest BCUT2D eigenvalue weighted by Crippen LogP contribution is 2.12. The summed E-state index contributed by atoms with van der Waals surface area (Å²) in [7, 11) is 0. The maximum Gasteiger partial charge on any atom is 0.255 e. The molecule has 25 heavy (non-hydrogen) atoms. The van der Waals surface area contributed by atoms with Crippen LogP contribution in [0.15, 0.2) is 48.5 Å². The molecule has 0 aliphatic carbocycles. The average Bonchev–Trinajstić information content (AvgIpc) is 3.16. The van der Waals surface area contributed by atoms with Gasteiger partial charge in [-0.25, -0.2) is 4.39 Å². The van der Waals surface area contributed by atoms with Gasteiger partial charge in [0.05, 0.1) is 6.04 Å². The van der Waals surface area contributed by atoms with Gasteiger partial charge in [-0.15, -0.1) is 0 Å². The Balaban J connectivity index is 1.52. The highest BCUT2D eigenvalue weighted by atomic mass is 19.1. The molecule has 0 aromatic heterocycles. The van der Waals surface area contributed by atoms with Crippen molar-refractivity contribution in [3.8, 4) is 0 Å². The minimum atomic E-state index is -0.379. The Bertz CT molecular complexity index is 738. The second-order valence-corrected chi connectivity index (χ2v) is 6.02. The van der Waals surface area contributed by atoms with Gasteiger partial charge >= 0.3 is 0 Å². The fourth-order valence-corrected chi connectivity index (χ4v) is 2.73. The van der Waals surface area contributed by atoms with Crippen molar-refractivity contribution in [1.29, 1.82) is 0 Å². The molecule has 2 amide bonds. The molecule has 0 radical (unpaired) electrons. The Morgan fingerprint density at radius 3 is 2.44 bits per heavy atom. The van der Waals surface area contributed by atoms with Gasteiger partial charge in [0.2, 0.25) is 5.91 Å². The first-order chi connectivity index (χ1) is 12.1. The summed E-state index contributed by atoms with van der Waals surface area (Å²) in [5, 5.41) is 8.82. The second-order valence-electron chi connectivity index (χ2n) is 6.02. The maximum absolute atomic E-state index is 12.9. The molecule has 1 aliphatic heterocycles. The van der Waals surface area contributed by atoms with Crippen LogP contribution in [0.25, 0.3) is 0 Å². The zero-order valence-corrected chi connectivity index (χ0v) is 13.7. The van der Waals surface area contributed by atoms with Crippen LogP contribution < -0.4 is 16.0 Å². The van der Waals surface area contributed by atoms with Gasteiger partial charge in [0.1, 0.15) is 5.82 Å². The van der Waals surface area contributed by atoms with E-state index in [-0.39, 0.29) is 23.7 Å². The fraction of sp³-hybridized carbons (Fsp3) is 0.263. The van der Waals surface area contributed by atoms with Gasteiger partial charge in [0, 0.05) is 17.8 Å². The number of carbonyl (C=O) groups is 2. The predicted molar refractivity (Wildman–Crippen MR) is 93.7 cm³/mol. The average molecular weight is 341 g/mol. The van der Waals surface area contributed by atoms with Crippen molar-refractivity contribution < 1.29 is 14.0 Å². The van der Waals surface area contributed by atoms with Crippen LogP contribution in [0.1, 0.15) is 28.8 Å². The summed E-state index contributed by atoms with van der Waals surface area (Å²) in [6, 6.07) is 12.5. The third kappa shape index (κ3) is 4.64. The van der Waals surface area contributed by atoms with Crippen molar-refractivity contribution in [2.75, 3.05) is 11.9 Å². The van der Waals surface area contributed by atoms with Crippen molar-refractivity contribution in [3.05, 3.63) is 65.5 Å².